The molecule has 2 heterocycles. The molecule has 2 rings (SSSR count). The van der Waals surface area contributed by atoms with Crippen LogP contribution in [0.2, 0.25) is 0 Å². The fourth-order valence-electron chi connectivity index (χ4n) is 1.11. The maximum Gasteiger partial charge on any atom is 0.305 e. The van der Waals surface area contributed by atoms with E-state index in [1.165, 1.54) is 6.42 Å². The van der Waals surface area contributed by atoms with Crippen molar-refractivity contribution >= 4 is 5.97 Å². The van der Waals surface area contributed by atoms with Crippen molar-refractivity contribution < 1.29 is 14.3 Å². The van der Waals surface area contributed by atoms with E-state index in [2.05, 4.69) is 6.92 Å². The van der Waals surface area contributed by atoms with Crippen molar-refractivity contribution in [2.45, 2.75) is 45.1 Å². The largest absolute Gasteiger partial charge is 0.466 e. The first-order valence-electron chi connectivity index (χ1n) is 5.10. The third-order valence-electron chi connectivity index (χ3n) is 2.15. The van der Waals surface area contributed by atoms with Gasteiger partial charge in [-0.25, -0.2) is 0 Å². The van der Waals surface area contributed by atoms with Crippen molar-refractivity contribution in [3.8, 4) is 0 Å². The lowest BCUT2D eigenvalue weighted by Gasteiger charge is -1.93. The van der Waals surface area contributed by atoms with Crippen molar-refractivity contribution in [3.63, 3.8) is 0 Å². The molecule has 0 N–H and O–H groups in total. The second kappa shape index (κ2) is 5.97. The van der Waals surface area contributed by atoms with Crippen LogP contribution in [0.25, 0.3) is 0 Å². The second-order valence-electron chi connectivity index (χ2n) is 3.39. The van der Waals surface area contributed by atoms with Crippen LogP contribution >= 0.6 is 0 Å². The van der Waals surface area contributed by atoms with E-state index in [0.29, 0.717) is 19.1 Å². The summed E-state index contributed by atoms with van der Waals surface area (Å²) in [6.07, 6.45) is 5.66. The van der Waals surface area contributed by atoms with Gasteiger partial charge in [-0.1, -0.05) is 6.92 Å². The highest BCUT2D eigenvalue weighted by Crippen LogP contribution is 2.10. The number of hydrogen-bond donors (Lipinski definition) is 0. The van der Waals surface area contributed by atoms with Crippen LogP contribution in [0.1, 0.15) is 39.0 Å². The smallest absolute Gasteiger partial charge is 0.305 e. The van der Waals surface area contributed by atoms with E-state index in [1.807, 2.05) is 0 Å². The molecule has 13 heavy (non-hydrogen) atoms. The number of carbonyl (C=O) groups excluding carboxylic acids is 1. The molecule has 2 aliphatic rings. The van der Waals surface area contributed by atoms with Crippen molar-refractivity contribution in [1.29, 1.82) is 0 Å². The van der Waals surface area contributed by atoms with Gasteiger partial charge in [0.1, 0.15) is 0 Å². The van der Waals surface area contributed by atoms with Crippen LogP contribution in [0.5, 0.6) is 0 Å². The van der Waals surface area contributed by atoms with Gasteiger partial charge < -0.3 is 9.47 Å². The van der Waals surface area contributed by atoms with Crippen molar-refractivity contribution in [1.82, 2.24) is 0 Å². The molecule has 3 heteroatoms. The van der Waals surface area contributed by atoms with E-state index in [-0.39, 0.29) is 5.97 Å². The molecule has 3 nitrogen and oxygen atoms in total. The minimum atomic E-state index is -0.0255. The van der Waals surface area contributed by atoms with Crippen molar-refractivity contribution in [2.24, 2.45) is 0 Å². The van der Waals surface area contributed by atoms with Crippen LogP contribution in [0, 0.1) is 0 Å². The molecule has 0 spiro atoms. The fourth-order valence-corrected chi connectivity index (χ4v) is 1.11. The Morgan fingerprint density at radius 2 is 2.15 bits per heavy atom. The fraction of sp³-hybridized carbons (Fsp3) is 0.900. The molecule has 2 fully saturated rings. The van der Waals surface area contributed by atoms with Gasteiger partial charge in [-0.05, 0) is 25.7 Å². The highest BCUT2D eigenvalue weighted by Gasteiger charge is 2.18. The molecule has 1 atom stereocenters. The van der Waals surface area contributed by atoms with Crippen LogP contribution in [0.15, 0.2) is 0 Å². The van der Waals surface area contributed by atoms with E-state index < -0.39 is 0 Å². The number of ether oxygens (including phenoxy) is 2. The summed E-state index contributed by atoms with van der Waals surface area (Å²) < 4.78 is 9.62. The van der Waals surface area contributed by atoms with E-state index in [0.717, 1.165) is 25.9 Å². The maximum absolute atomic E-state index is 10.5. The summed E-state index contributed by atoms with van der Waals surface area (Å²) in [7, 11) is 0. The average molecular weight is 186 g/mol. The number of esters is 1. The van der Waals surface area contributed by atoms with Gasteiger partial charge in [0.25, 0.3) is 0 Å². The standard InChI is InChI=1S/C6H10O2.C4H8O/c7-6-4-2-1-3-5-8-6;1-2-4-3-5-4/h1-5H2;4H,2-3H2,1H3. The summed E-state index contributed by atoms with van der Waals surface area (Å²) in [5.74, 6) is -0.0255. The lowest BCUT2D eigenvalue weighted by atomic mass is 10.2. The van der Waals surface area contributed by atoms with E-state index in [1.54, 1.807) is 0 Å². The van der Waals surface area contributed by atoms with E-state index in [9.17, 15) is 4.79 Å². The van der Waals surface area contributed by atoms with Crippen molar-refractivity contribution in [3.05, 3.63) is 0 Å². The number of carbonyl (C=O) groups is 1. The lowest BCUT2D eigenvalue weighted by Crippen LogP contribution is -2.00. The predicted molar refractivity (Wildman–Crippen MR) is 49.5 cm³/mol. The topological polar surface area (TPSA) is 38.8 Å². The molecule has 0 aromatic carbocycles. The number of cyclic esters (lactones) is 1. The highest BCUT2D eigenvalue weighted by molar-refractivity contribution is 5.69. The molecule has 0 aliphatic carbocycles. The SMILES string of the molecule is CCC1CO1.O=C1CCCCCO1. The molecule has 0 bridgehead atoms. The number of hydrogen-bond acceptors (Lipinski definition) is 3. The summed E-state index contributed by atoms with van der Waals surface area (Å²) in [6.45, 7) is 3.78. The summed E-state index contributed by atoms with van der Waals surface area (Å²) in [6, 6.07) is 0. The average Bonchev–Trinajstić information content (AvgIpc) is 2.91. The van der Waals surface area contributed by atoms with E-state index >= 15 is 0 Å². The molecule has 0 aromatic rings. The molecule has 1 unspecified atom stereocenters. The number of rotatable bonds is 1. The van der Waals surface area contributed by atoms with Crippen LogP contribution in [0.4, 0.5) is 0 Å². The third-order valence-corrected chi connectivity index (χ3v) is 2.15. The van der Waals surface area contributed by atoms with Gasteiger partial charge in [0.05, 0.1) is 19.3 Å². The highest BCUT2D eigenvalue weighted by atomic mass is 16.6. The molecule has 2 aliphatic heterocycles. The predicted octanol–water partition coefficient (Wildman–Crippen LogP) is 1.90. The lowest BCUT2D eigenvalue weighted by molar-refractivity contribution is -0.142. The Bertz CT molecular complexity index is 142. The molecule has 2 saturated heterocycles. The van der Waals surface area contributed by atoms with Crippen molar-refractivity contribution in [2.75, 3.05) is 13.2 Å². The molecular weight excluding hydrogens is 168 g/mol. The van der Waals surface area contributed by atoms with Crippen LogP contribution in [-0.2, 0) is 14.3 Å². The Kier molecular flexibility index (Phi) is 4.83. The van der Waals surface area contributed by atoms with E-state index in [4.69, 9.17) is 9.47 Å². The Morgan fingerprint density at radius 1 is 1.38 bits per heavy atom. The Morgan fingerprint density at radius 3 is 2.69 bits per heavy atom. The van der Waals surface area contributed by atoms with Gasteiger partial charge in [-0.15, -0.1) is 0 Å². The Labute approximate surface area is 79.4 Å². The van der Waals surface area contributed by atoms with Crippen LogP contribution in [0.3, 0.4) is 0 Å². The molecule has 76 valence electrons. The molecular formula is C10H18O3. The first-order chi connectivity index (χ1) is 6.33. The van der Waals surface area contributed by atoms with Crippen LogP contribution < -0.4 is 0 Å². The quantitative estimate of drug-likeness (QED) is 0.463. The third kappa shape index (κ3) is 5.64. The van der Waals surface area contributed by atoms with Gasteiger partial charge in [-0.2, -0.15) is 0 Å². The normalized spacial score (nSPS) is 26.5. The zero-order valence-corrected chi connectivity index (χ0v) is 8.25. The monoisotopic (exact) mass is 186 g/mol. The maximum atomic E-state index is 10.5. The minimum absolute atomic E-state index is 0.0255. The zero-order chi connectivity index (χ0) is 9.52. The van der Waals surface area contributed by atoms with Crippen LogP contribution in [-0.4, -0.2) is 25.3 Å². The molecule has 0 radical (unpaired) electrons. The number of epoxide rings is 1. The van der Waals surface area contributed by atoms with Gasteiger partial charge in [0.2, 0.25) is 0 Å². The first-order valence-corrected chi connectivity index (χ1v) is 5.10. The second-order valence-corrected chi connectivity index (χ2v) is 3.39. The molecule has 0 amide bonds. The summed E-state index contributed by atoms with van der Waals surface area (Å²) in [4.78, 5) is 10.5. The zero-order valence-electron chi connectivity index (χ0n) is 8.25. The molecule has 0 aromatic heterocycles. The van der Waals surface area contributed by atoms with Gasteiger partial charge >= 0.3 is 5.97 Å². The first kappa shape index (κ1) is 10.5. The van der Waals surface area contributed by atoms with Gasteiger partial charge in [-0.3, -0.25) is 4.79 Å². The summed E-state index contributed by atoms with van der Waals surface area (Å²) in [5.41, 5.74) is 0. The summed E-state index contributed by atoms with van der Waals surface area (Å²) in [5, 5.41) is 0. The minimum Gasteiger partial charge on any atom is -0.466 e. The Balaban J connectivity index is 0.000000145. The Hall–Kier alpha value is -0.570. The van der Waals surface area contributed by atoms with Gasteiger partial charge in [0, 0.05) is 6.42 Å². The summed E-state index contributed by atoms with van der Waals surface area (Å²) >= 11 is 0. The molecule has 0 saturated carbocycles. The van der Waals surface area contributed by atoms with Gasteiger partial charge in [0.15, 0.2) is 0 Å².